The van der Waals surface area contributed by atoms with Crippen molar-refractivity contribution < 1.29 is 24.6 Å². The summed E-state index contributed by atoms with van der Waals surface area (Å²) >= 11 is 0. The molecule has 2 atom stereocenters. The summed E-state index contributed by atoms with van der Waals surface area (Å²) in [4.78, 5) is 32.0. The first kappa shape index (κ1) is 14.4. The molecule has 16 heavy (non-hydrogen) atoms. The van der Waals surface area contributed by atoms with Crippen molar-refractivity contribution in [3.63, 3.8) is 0 Å². The largest absolute Gasteiger partial charge is 0.480 e. The zero-order chi connectivity index (χ0) is 12.7. The Balaban J connectivity index is 4.37. The van der Waals surface area contributed by atoms with Crippen LogP contribution in [0.15, 0.2) is 0 Å². The summed E-state index contributed by atoms with van der Waals surface area (Å²) in [5, 5.41) is 20.0. The molecule has 0 bridgehead atoms. The van der Waals surface area contributed by atoms with Gasteiger partial charge in [-0.2, -0.15) is 0 Å². The molecular formula is C9H16N2O5. The average molecular weight is 232 g/mol. The number of carboxylic acids is 2. The van der Waals surface area contributed by atoms with E-state index in [-0.39, 0.29) is 19.3 Å². The van der Waals surface area contributed by atoms with E-state index in [9.17, 15) is 14.4 Å². The van der Waals surface area contributed by atoms with Gasteiger partial charge in [0.25, 0.3) is 0 Å². The van der Waals surface area contributed by atoms with Crippen LogP contribution in [-0.4, -0.2) is 40.1 Å². The molecule has 7 heteroatoms. The third kappa shape index (κ3) is 5.30. The maximum atomic E-state index is 10.8. The lowest BCUT2D eigenvalue weighted by Gasteiger charge is -2.18. The van der Waals surface area contributed by atoms with Crippen molar-refractivity contribution in [2.45, 2.75) is 38.3 Å². The Hall–Kier alpha value is -1.63. The van der Waals surface area contributed by atoms with Crippen molar-refractivity contribution in [2.75, 3.05) is 0 Å². The summed E-state index contributed by atoms with van der Waals surface area (Å²) < 4.78 is 0. The lowest BCUT2D eigenvalue weighted by Crippen LogP contribution is -2.47. The van der Waals surface area contributed by atoms with Crippen LogP contribution < -0.4 is 11.1 Å². The van der Waals surface area contributed by atoms with Gasteiger partial charge < -0.3 is 15.9 Å². The Bertz CT molecular complexity index is 279. The van der Waals surface area contributed by atoms with Crippen LogP contribution in [0.5, 0.6) is 0 Å². The van der Waals surface area contributed by atoms with Crippen LogP contribution in [-0.2, 0) is 14.4 Å². The molecule has 0 aliphatic rings. The molecule has 0 radical (unpaired) electrons. The quantitative estimate of drug-likeness (QED) is 0.431. The lowest BCUT2D eigenvalue weighted by atomic mass is 10.1. The molecule has 0 heterocycles. The van der Waals surface area contributed by atoms with E-state index in [4.69, 9.17) is 15.9 Å². The van der Waals surface area contributed by atoms with Crippen molar-refractivity contribution in [1.82, 2.24) is 5.32 Å². The maximum absolute atomic E-state index is 10.8. The predicted molar refractivity (Wildman–Crippen MR) is 54.7 cm³/mol. The van der Waals surface area contributed by atoms with Crippen LogP contribution >= 0.6 is 0 Å². The smallest absolute Gasteiger partial charge is 0.320 e. The van der Waals surface area contributed by atoms with E-state index in [1.165, 1.54) is 0 Å². The monoisotopic (exact) mass is 232 g/mol. The Labute approximate surface area is 92.6 Å². The molecule has 0 rings (SSSR count). The zero-order valence-electron chi connectivity index (χ0n) is 8.97. The van der Waals surface area contributed by atoms with Gasteiger partial charge in [-0.05, 0) is 12.8 Å². The van der Waals surface area contributed by atoms with E-state index < -0.39 is 29.9 Å². The minimum atomic E-state index is -1.19. The third-order valence-electron chi connectivity index (χ3n) is 2.09. The van der Waals surface area contributed by atoms with Crippen molar-refractivity contribution in [2.24, 2.45) is 5.73 Å². The first-order valence-electron chi connectivity index (χ1n) is 4.88. The normalized spacial score (nSPS) is 14.1. The summed E-state index contributed by atoms with van der Waals surface area (Å²) in [6.07, 6.45) is 0.143. The number of aliphatic carboxylic acids is 2. The molecule has 0 aliphatic carbocycles. The highest BCUT2D eigenvalue weighted by Crippen LogP contribution is 2.01. The topological polar surface area (TPSA) is 130 Å². The number of nitrogens with one attached hydrogen (secondary N) is 1. The molecule has 7 nitrogen and oxygen atoms in total. The standard InChI is InChI=1S/C9H16N2O5/c1-2-5(8(13)14)11-6(9(15)16)3-4-7(10)12/h5-6,11H,2-4H2,1H3,(H2,10,12)(H,13,14)(H,15,16)/t5-,6-/m0/s1. The molecule has 0 saturated carbocycles. The van der Waals surface area contributed by atoms with Gasteiger partial charge in [-0.3, -0.25) is 19.7 Å². The van der Waals surface area contributed by atoms with Gasteiger partial charge in [0.15, 0.2) is 0 Å². The Morgan fingerprint density at radius 2 is 1.69 bits per heavy atom. The first-order valence-corrected chi connectivity index (χ1v) is 4.88. The van der Waals surface area contributed by atoms with Crippen LogP contribution in [0.4, 0.5) is 0 Å². The van der Waals surface area contributed by atoms with Crippen molar-refractivity contribution in [1.29, 1.82) is 0 Å². The van der Waals surface area contributed by atoms with Crippen LogP contribution in [0.2, 0.25) is 0 Å². The molecule has 5 N–H and O–H groups in total. The summed E-state index contributed by atoms with van der Waals surface area (Å²) in [5.41, 5.74) is 4.89. The predicted octanol–water partition coefficient (Wildman–Crippen LogP) is -0.842. The number of nitrogens with two attached hydrogens (primary N) is 1. The molecule has 0 aromatic rings. The summed E-state index contributed by atoms with van der Waals surface area (Å²) in [6.45, 7) is 1.62. The number of carboxylic acid groups (broad SMARTS) is 2. The van der Waals surface area contributed by atoms with Crippen LogP contribution in [0.1, 0.15) is 26.2 Å². The Morgan fingerprint density at radius 3 is 2.00 bits per heavy atom. The van der Waals surface area contributed by atoms with E-state index in [1.807, 2.05) is 0 Å². The number of rotatable bonds is 8. The molecule has 0 aromatic heterocycles. The second-order valence-electron chi connectivity index (χ2n) is 3.36. The second kappa shape index (κ2) is 6.78. The number of hydrogen-bond donors (Lipinski definition) is 4. The fourth-order valence-electron chi connectivity index (χ4n) is 1.17. The fourth-order valence-corrected chi connectivity index (χ4v) is 1.17. The number of amides is 1. The van der Waals surface area contributed by atoms with Gasteiger partial charge in [-0.1, -0.05) is 6.92 Å². The van der Waals surface area contributed by atoms with E-state index in [1.54, 1.807) is 6.92 Å². The number of carbonyl (C=O) groups excluding carboxylic acids is 1. The molecule has 0 saturated heterocycles. The van der Waals surface area contributed by atoms with E-state index >= 15 is 0 Å². The van der Waals surface area contributed by atoms with Gasteiger partial charge in [-0.25, -0.2) is 0 Å². The average Bonchev–Trinajstić information content (AvgIpc) is 2.16. The third-order valence-corrected chi connectivity index (χ3v) is 2.09. The minimum Gasteiger partial charge on any atom is -0.480 e. The highest BCUT2D eigenvalue weighted by Gasteiger charge is 2.24. The van der Waals surface area contributed by atoms with Crippen LogP contribution in [0.3, 0.4) is 0 Å². The van der Waals surface area contributed by atoms with E-state index in [0.29, 0.717) is 0 Å². The van der Waals surface area contributed by atoms with Gasteiger partial charge in [0.2, 0.25) is 5.91 Å². The SMILES string of the molecule is CC[C@H](N[C@@H](CCC(N)=O)C(=O)O)C(=O)O. The molecular weight excluding hydrogens is 216 g/mol. The Morgan fingerprint density at radius 1 is 1.19 bits per heavy atom. The minimum absolute atomic E-state index is 0.0194. The maximum Gasteiger partial charge on any atom is 0.320 e. The van der Waals surface area contributed by atoms with Gasteiger partial charge in [0.1, 0.15) is 12.1 Å². The number of hydrogen-bond acceptors (Lipinski definition) is 4. The van der Waals surface area contributed by atoms with Crippen molar-refractivity contribution >= 4 is 17.8 Å². The van der Waals surface area contributed by atoms with E-state index in [2.05, 4.69) is 5.32 Å². The zero-order valence-corrected chi connectivity index (χ0v) is 8.97. The molecule has 0 unspecified atom stereocenters. The van der Waals surface area contributed by atoms with E-state index in [0.717, 1.165) is 0 Å². The fraction of sp³-hybridized carbons (Fsp3) is 0.667. The molecule has 0 spiro atoms. The van der Waals surface area contributed by atoms with Crippen molar-refractivity contribution in [3.05, 3.63) is 0 Å². The number of primary amides is 1. The summed E-state index contributed by atoms with van der Waals surface area (Å²) in [5.74, 6) is -2.93. The van der Waals surface area contributed by atoms with Gasteiger partial charge in [0.05, 0.1) is 0 Å². The molecule has 1 amide bonds. The first-order chi connectivity index (χ1) is 7.38. The molecule has 0 aliphatic heterocycles. The molecule has 0 aromatic carbocycles. The van der Waals surface area contributed by atoms with Gasteiger partial charge in [-0.15, -0.1) is 0 Å². The molecule has 0 fully saturated rings. The lowest BCUT2D eigenvalue weighted by molar-refractivity contribution is -0.142. The summed E-state index contributed by atoms with van der Waals surface area (Å²) in [7, 11) is 0. The van der Waals surface area contributed by atoms with Crippen LogP contribution in [0, 0.1) is 0 Å². The highest BCUT2D eigenvalue weighted by atomic mass is 16.4. The second-order valence-corrected chi connectivity index (χ2v) is 3.36. The van der Waals surface area contributed by atoms with Gasteiger partial charge in [0, 0.05) is 6.42 Å². The highest BCUT2D eigenvalue weighted by molar-refractivity contribution is 5.79. The Kier molecular flexibility index (Phi) is 6.09. The van der Waals surface area contributed by atoms with Crippen LogP contribution in [0.25, 0.3) is 0 Å². The molecule has 92 valence electrons. The summed E-state index contributed by atoms with van der Waals surface area (Å²) in [6, 6.07) is -2.01. The van der Waals surface area contributed by atoms with Gasteiger partial charge >= 0.3 is 11.9 Å². The van der Waals surface area contributed by atoms with Crippen molar-refractivity contribution in [3.8, 4) is 0 Å². The number of carbonyl (C=O) groups is 3.